The molecular weight excluding hydrogens is 218 g/mol. The maximum atomic E-state index is 5.83. The number of rotatable bonds is 4. The number of benzene rings is 1. The Balaban J connectivity index is 2.24. The molecule has 1 unspecified atom stereocenters. The molecule has 0 radical (unpaired) electrons. The Hall–Kier alpha value is -1.78. The molecule has 2 N–H and O–H groups in total. The van der Waals surface area contributed by atoms with Gasteiger partial charge in [0.25, 0.3) is 0 Å². The van der Waals surface area contributed by atoms with Crippen LogP contribution in [0.25, 0.3) is 11.0 Å². The fourth-order valence-electron chi connectivity index (χ4n) is 1.89. The van der Waals surface area contributed by atoms with Crippen LogP contribution in [0.15, 0.2) is 16.8 Å². The predicted octanol–water partition coefficient (Wildman–Crippen LogP) is 2.62. The zero-order chi connectivity index (χ0) is 12.4. The van der Waals surface area contributed by atoms with E-state index in [1.807, 2.05) is 6.92 Å². The summed E-state index contributed by atoms with van der Waals surface area (Å²) in [6.07, 6.45) is 1.11. The standard InChI is InChI=1S/C12H17N3O2/c1-7(2)6-8(3)16-10-5-4-9(13)11-12(10)15-17-14-11/h4-5,7-8H,6,13H2,1-3H3. The number of fused-ring (bicyclic) bond motifs is 1. The zero-order valence-electron chi connectivity index (χ0n) is 10.3. The molecule has 5 nitrogen and oxygen atoms in total. The number of ether oxygens (including phenoxy) is 1. The second kappa shape index (κ2) is 4.61. The van der Waals surface area contributed by atoms with E-state index in [1.54, 1.807) is 12.1 Å². The van der Waals surface area contributed by atoms with Crippen LogP contribution in [0.4, 0.5) is 5.69 Å². The van der Waals surface area contributed by atoms with Gasteiger partial charge in [-0.15, -0.1) is 0 Å². The third kappa shape index (κ3) is 2.49. The summed E-state index contributed by atoms with van der Waals surface area (Å²) >= 11 is 0. The maximum absolute atomic E-state index is 5.83. The van der Waals surface area contributed by atoms with Crippen LogP contribution in [0, 0.1) is 5.92 Å². The average molecular weight is 235 g/mol. The molecule has 1 aromatic carbocycles. The third-order valence-corrected chi connectivity index (χ3v) is 2.54. The number of hydrogen-bond donors (Lipinski definition) is 1. The lowest BCUT2D eigenvalue weighted by molar-refractivity contribution is 0.194. The Morgan fingerprint density at radius 1 is 1.24 bits per heavy atom. The summed E-state index contributed by atoms with van der Waals surface area (Å²) in [6.45, 7) is 6.36. The molecule has 17 heavy (non-hydrogen) atoms. The van der Waals surface area contributed by atoms with Crippen LogP contribution in [0.2, 0.25) is 0 Å². The fraction of sp³-hybridized carbons (Fsp3) is 0.500. The Morgan fingerprint density at radius 2 is 1.94 bits per heavy atom. The predicted molar refractivity (Wildman–Crippen MR) is 65.8 cm³/mol. The van der Waals surface area contributed by atoms with Crippen molar-refractivity contribution < 1.29 is 9.37 Å². The molecule has 92 valence electrons. The van der Waals surface area contributed by atoms with Crippen LogP contribution in [0.5, 0.6) is 5.75 Å². The Bertz CT molecular complexity index is 507. The van der Waals surface area contributed by atoms with Crippen LogP contribution in [0.3, 0.4) is 0 Å². The van der Waals surface area contributed by atoms with Crippen molar-refractivity contribution in [3.05, 3.63) is 12.1 Å². The van der Waals surface area contributed by atoms with Gasteiger partial charge in [-0.05, 0) is 41.7 Å². The zero-order valence-corrected chi connectivity index (χ0v) is 10.3. The van der Waals surface area contributed by atoms with Gasteiger partial charge < -0.3 is 10.5 Å². The minimum Gasteiger partial charge on any atom is -0.488 e. The molecule has 2 aromatic rings. The summed E-state index contributed by atoms with van der Waals surface area (Å²) < 4.78 is 10.5. The highest BCUT2D eigenvalue weighted by Gasteiger charge is 2.14. The molecule has 0 bridgehead atoms. The smallest absolute Gasteiger partial charge is 0.179 e. The Kier molecular flexibility index (Phi) is 3.17. The van der Waals surface area contributed by atoms with E-state index >= 15 is 0 Å². The van der Waals surface area contributed by atoms with Crippen LogP contribution >= 0.6 is 0 Å². The molecule has 0 saturated carbocycles. The minimum absolute atomic E-state index is 0.124. The van der Waals surface area contributed by atoms with Crippen molar-refractivity contribution in [3.8, 4) is 5.75 Å². The lowest BCUT2D eigenvalue weighted by Crippen LogP contribution is -2.14. The second-order valence-corrected chi connectivity index (χ2v) is 4.67. The van der Waals surface area contributed by atoms with E-state index in [0.717, 1.165) is 6.42 Å². The summed E-state index contributed by atoms with van der Waals surface area (Å²) in [5, 5.41) is 7.58. The van der Waals surface area contributed by atoms with Gasteiger partial charge in [-0.2, -0.15) is 0 Å². The van der Waals surface area contributed by atoms with Gasteiger partial charge in [-0.25, -0.2) is 4.63 Å². The van der Waals surface area contributed by atoms with Gasteiger partial charge in [0.05, 0.1) is 11.8 Å². The highest BCUT2D eigenvalue weighted by molar-refractivity contribution is 5.90. The molecule has 0 spiro atoms. The molecule has 0 aliphatic carbocycles. The first-order valence-corrected chi connectivity index (χ1v) is 5.75. The largest absolute Gasteiger partial charge is 0.488 e. The van der Waals surface area contributed by atoms with E-state index in [9.17, 15) is 0 Å². The Morgan fingerprint density at radius 3 is 2.65 bits per heavy atom. The summed E-state index contributed by atoms with van der Waals surface area (Å²) in [5.41, 5.74) is 7.45. The average Bonchev–Trinajstić information content (AvgIpc) is 2.70. The quantitative estimate of drug-likeness (QED) is 0.824. The summed E-state index contributed by atoms with van der Waals surface area (Å²) in [4.78, 5) is 0. The van der Waals surface area contributed by atoms with Gasteiger partial charge in [0, 0.05) is 0 Å². The maximum Gasteiger partial charge on any atom is 0.179 e. The highest BCUT2D eigenvalue weighted by atomic mass is 16.6. The normalized spacial score (nSPS) is 13.2. The molecule has 5 heteroatoms. The van der Waals surface area contributed by atoms with Crippen LogP contribution in [-0.2, 0) is 0 Å². The first kappa shape index (κ1) is 11.7. The lowest BCUT2D eigenvalue weighted by atomic mass is 10.1. The molecule has 0 fully saturated rings. The molecule has 1 heterocycles. The van der Waals surface area contributed by atoms with Crippen molar-refractivity contribution in [2.24, 2.45) is 5.92 Å². The van der Waals surface area contributed by atoms with Gasteiger partial charge in [0.15, 0.2) is 16.8 Å². The van der Waals surface area contributed by atoms with Crippen molar-refractivity contribution >= 4 is 16.7 Å². The van der Waals surface area contributed by atoms with E-state index < -0.39 is 0 Å². The second-order valence-electron chi connectivity index (χ2n) is 4.67. The van der Waals surface area contributed by atoms with Gasteiger partial charge >= 0.3 is 0 Å². The number of nitrogens with two attached hydrogens (primary N) is 1. The number of nitrogens with zero attached hydrogens (tertiary/aromatic N) is 2. The molecule has 1 atom stereocenters. The number of hydrogen-bond acceptors (Lipinski definition) is 5. The summed E-state index contributed by atoms with van der Waals surface area (Å²) in [5.74, 6) is 1.26. The van der Waals surface area contributed by atoms with Crippen LogP contribution in [0.1, 0.15) is 27.2 Å². The van der Waals surface area contributed by atoms with Crippen molar-refractivity contribution in [2.75, 3.05) is 5.73 Å². The van der Waals surface area contributed by atoms with Crippen molar-refractivity contribution in [1.82, 2.24) is 10.3 Å². The first-order valence-electron chi connectivity index (χ1n) is 5.75. The summed E-state index contributed by atoms with van der Waals surface area (Å²) in [6, 6.07) is 3.56. The molecule has 0 saturated heterocycles. The highest BCUT2D eigenvalue weighted by Crippen LogP contribution is 2.28. The summed E-state index contributed by atoms with van der Waals surface area (Å²) in [7, 11) is 0. The fourth-order valence-corrected chi connectivity index (χ4v) is 1.89. The van der Waals surface area contributed by atoms with Gasteiger partial charge in [-0.3, -0.25) is 0 Å². The van der Waals surface area contributed by atoms with Crippen molar-refractivity contribution in [1.29, 1.82) is 0 Å². The van der Waals surface area contributed by atoms with Gasteiger partial charge in [-0.1, -0.05) is 13.8 Å². The molecule has 2 rings (SSSR count). The van der Waals surface area contributed by atoms with E-state index in [-0.39, 0.29) is 6.10 Å². The van der Waals surface area contributed by atoms with Gasteiger partial charge in [0.2, 0.25) is 0 Å². The molecular formula is C12H17N3O2. The minimum atomic E-state index is 0.124. The SMILES string of the molecule is CC(C)CC(C)Oc1ccc(N)c2nonc12. The van der Waals surface area contributed by atoms with E-state index in [4.69, 9.17) is 10.5 Å². The van der Waals surface area contributed by atoms with Crippen molar-refractivity contribution in [2.45, 2.75) is 33.3 Å². The number of nitrogen functional groups attached to an aromatic ring is 1. The first-order chi connectivity index (χ1) is 8.08. The third-order valence-electron chi connectivity index (χ3n) is 2.54. The monoisotopic (exact) mass is 235 g/mol. The molecule has 0 aliphatic heterocycles. The number of anilines is 1. The van der Waals surface area contributed by atoms with E-state index in [0.29, 0.717) is 28.4 Å². The van der Waals surface area contributed by atoms with E-state index in [2.05, 4.69) is 28.8 Å². The lowest BCUT2D eigenvalue weighted by Gasteiger charge is -2.16. The molecule has 0 aliphatic rings. The number of aromatic nitrogens is 2. The Labute approximate surface area is 99.9 Å². The topological polar surface area (TPSA) is 74.2 Å². The van der Waals surface area contributed by atoms with E-state index in [1.165, 1.54) is 0 Å². The van der Waals surface area contributed by atoms with Gasteiger partial charge in [0.1, 0.15) is 0 Å². The van der Waals surface area contributed by atoms with Crippen molar-refractivity contribution in [3.63, 3.8) is 0 Å². The van der Waals surface area contributed by atoms with Crippen LogP contribution in [-0.4, -0.2) is 16.4 Å². The van der Waals surface area contributed by atoms with Crippen LogP contribution < -0.4 is 10.5 Å². The molecule has 0 amide bonds. The molecule has 1 aromatic heterocycles.